The SMILES string of the molecule is c1ccc(C2(c3ccccc3)c3ccccc3Oc3cc(-c4cccc5c4C(c4ccccc4)(c4ccccc4)c4ccccc4-5)ccc32)cc1. The summed E-state index contributed by atoms with van der Waals surface area (Å²) in [5.41, 5.74) is 13.6. The van der Waals surface area contributed by atoms with Gasteiger partial charge in [0.1, 0.15) is 11.5 Å². The second-order valence-electron chi connectivity index (χ2n) is 13.5. The van der Waals surface area contributed by atoms with Crippen LogP contribution in [0.1, 0.15) is 44.5 Å². The van der Waals surface area contributed by atoms with Crippen molar-refractivity contribution in [1.82, 2.24) is 0 Å². The van der Waals surface area contributed by atoms with Crippen LogP contribution in [-0.4, -0.2) is 0 Å². The fourth-order valence-corrected chi connectivity index (χ4v) is 9.12. The molecule has 0 fully saturated rings. The lowest BCUT2D eigenvalue weighted by Gasteiger charge is -2.41. The molecule has 0 bridgehead atoms. The molecule has 0 amide bonds. The molecule has 51 heavy (non-hydrogen) atoms. The van der Waals surface area contributed by atoms with Gasteiger partial charge in [-0.05, 0) is 67.8 Å². The highest BCUT2D eigenvalue weighted by Crippen LogP contribution is 2.60. The van der Waals surface area contributed by atoms with Crippen molar-refractivity contribution < 1.29 is 4.74 Å². The lowest BCUT2D eigenvalue weighted by molar-refractivity contribution is 0.434. The smallest absolute Gasteiger partial charge is 0.132 e. The van der Waals surface area contributed by atoms with E-state index in [1.807, 2.05) is 0 Å². The van der Waals surface area contributed by atoms with E-state index in [9.17, 15) is 0 Å². The van der Waals surface area contributed by atoms with Crippen molar-refractivity contribution in [2.75, 3.05) is 0 Å². The van der Waals surface area contributed by atoms with Crippen molar-refractivity contribution in [1.29, 1.82) is 0 Å². The predicted octanol–water partition coefficient (Wildman–Crippen LogP) is 12.2. The number of hydrogen-bond donors (Lipinski definition) is 0. The van der Waals surface area contributed by atoms with Gasteiger partial charge in [0.05, 0.1) is 10.8 Å². The Balaban J connectivity index is 1.27. The summed E-state index contributed by atoms with van der Waals surface area (Å²) in [6, 6.07) is 75.0. The molecule has 0 atom stereocenters. The molecule has 8 aromatic carbocycles. The third kappa shape index (κ3) is 4.16. The standard InChI is InChI=1S/C50H34O/c1-5-18-36(19-6-1)49(37-20-7-2-8-21-37)44-30-15-16-31-46(44)51-47-34-35(32-33-45(47)49)40-27-17-28-42-41-26-13-14-29-43(41)50(48(40)42,38-22-9-3-10-23-38)39-24-11-4-12-25-39/h1-34H. The zero-order valence-corrected chi connectivity index (χ0v) is 28.0. The fourth-order valence-electron chi connectivity index (χ4n) is 9.12. The number of benzene rings is 8. The zero-order chi connectivity index (χ0) is 33.8. The molecule has 0 radical (unpaired) electrons. The summed E-state index contributed by atoms with van der Waals surface area (Å²) < 4.78 is 6.94. The maximum Gasteiger partial charge on any atom is 0.132 e. The van der Waals surface area contributed by atoms with Gasteiger partial charge in [-0.25, -0.2) is 0 Å². The molecular weight excluding hydrogens is 617 g/mol. The van der Waals surface area contributed by atoms with Crippen LogP contribution in [0, 0.1) is 0 Å². The van der Waals surface area contributed by atoms with E-state index >= 15 is 0 Å². The minimum atomic E-state index is -0.558. The average molecular weight is 651 g/mol. The third-order valence-corrected chi connectivity index (χ3v) is 11.1. The second kappa shape index (κ2) is 11.6. The molecule has 0 saturated carbocycles. The Bertz CT molecular complexity index is 2460. The van der Waals surface area contributed by atoms with E-state index in [1.54, 1.807) is 0 Å². The van der Waals surface area contributed by atoms with E-state index in [2.05, 4.69) is 206 Å². The Labute approximate surface area is 299 Å². The number of rotatable bonds is 5. The minimum absolute atomic E-state index is 0.508. The molecule has 2 aliphatic rings. The Morgan fingerprint density at radius 2 is 0.745 bits per heavy atom. The summed E-state index contributed by atoms with van der Waals surface area (Å²) in [4.78, 5) is 0. The molecule has 0 spiro atoms. The molecule has 1 heteroatoms. The molecule has 8 aromatic rings. The molecule has 1 aliphatic heterocycles. The molecule has 0 unspecified atom stereocenters. The summed E-state index contributed by atoms with van der Waals surface area (Å²) in [5, 5.41) is 0. The van der Waals surface area contributed by atoms with E-state index in [0.717, 1.165) is 28.2 Å². The van der Waals surface area contributed by atoms with Crippen LogP contribution in [0.4, 0.5) is 0 Å². The summed E-state index contributed by atoms with van der Waals surface area (Å²) in [5.74, 6) is 1.75. The number of fused-ring (bicyclic) bond motifs is 5. The van der Waals surface area contributed by atoms with Gasteiger partial charge in [-0.1, -0.05) is 194 Å². The van der Waals surface area contributed by atoms with Crippen LogP contribution in [0.25, 0.3) is 22.3 Å². The number of hydrogen-bond acceptors (Lipinski definition) is 1. The van der Waals surface area contributed by atoms with Gasteiger partial charge in [0, 0.05) is 11.1 Å². The van der Waals surface area contributed by atoms with Gasteiger partial charge in [-0.15, -0.1) is 0 Å². The first-order valence-electron chi connectivity index (χ1n) is 17.7. The van der Waals surface area contributed by atoms with Crippen molar-refractivity contribution >= 4 is 0 Å². The summed E-state index contributed by atoms with van der Waals surface area (Å²) in [6.07, 6.45) is 0. The Morgan fingerprint density at radius 1 is 0.294 bits per heavy atom. The maximum absolute atomic E-state index is 6.94. The average Bonchev–Trinajstić information content (AvgIpc) is 3.52. The summed E-state index contributed by atoms with van der Waals surface area (Å²) in [7, 11) is 0. The molecule has 0 N–H and O–H groups in total. The van der Waals surface area contributed by atoms with E-state index < -0.39 is 10.8 Å². The first kappa shape index (κ1) is 29.5. The van der Waals surface area contributed by atoms with Crippen molar-refractivity contribution in [2.24, 2.45) is 0 Å². The van der Waals surface area contributed by atoms with Crippen LogP contribution in [-0.2, 0) is 10.8 Å². The molecule has 1 heterocycles. The molecule has 240 valence electrons. The monoisotopic (exact) mass is 650 g/mol. The minimum Gasteiger partial charge on any atom is -0.457 e. The van der Waals surface area contributed by atoms with Gasteiger partial charge in [0.15, 0.2) is 0 Å². The van der Waals surface area contributed by atoms with Gasteiger partial charge in [-0.2, -0.15) is 0 Å². The van der Waals surface area contributed by atoms with Crippen molar-refractivity contribution in [3.8, 4) is 33.8 Å². The normalized spacial score (nSPS) is 14.4. The highest BCUT2D eigenvalue weighted by molar-refractivity contribution is 5.93. The number of para-hydroxylation sites is 1. The molecule has 1 aliphatic carbocycles. The molecule has 0 saturated heterocycles. The van der Waals surface area contributed by atoms with Gasteiger partial charge < -0.3 is 4.74 Å². The lowest BCUT2D eigenvalue weighted by atomic mass is 9.63. The van der Waals surface area contributed by atoms with Gasteiger partial charge in [0.25, 0.3) is 0 Å². The van der Waals surface area contributed by atoms with Crippen LogP contribution in [0.2, 0.25) is 0 Å². The lowest BCUT2D eigenvalue weighted by Crippen LogP contribution is -2.34. The van der Waals surface area contributed by atoms with Gasteiger partial charge in [0.2, 0.25) is 0 Å². The van der Waals surface area contributed by atoms with Crippen molar-refractivity contribution in [3.63, 3.8) is 0 Å². The van der Waals surface area contributed by atoms with Crippen LogP contribution >= 0.6 is 0 Å². The summed E-state index contributed by atoms with van der Waals surface area (Å²) >= 11 is 0. The highest BCUT2D eigenvalue weighted by Gasteiger charge is 2.48. The predicted molar refractivity (Wildman–Crippen MR) is 208 cm³/mol. The Kier molecular flexibility index (Phi) is 6.69. The van der Waals surface area contributed by atoms with Crippen molar-refractivity contribution in [3.05, 3.63) is 251 Å². The molecule has 1 nitrogen and oxygen atoms in total. The fraction of sp³-hybridized carbons (Fsp3) is 0.0400. The first-order chi connectivity index (χ1) is 25.3. The summed E-state index contributed by atoms with van der Waals surface area (Å²) in [6.45, 7) is 0. The molecular formula is C50H34O. The quantitative estimate of drug-likeness (QED) is 0.180. The second-order valence-corrected chi connectivity index (χ2v) is 13.5. The topological polar surface area (TPSA) is 9.23 Å². The van der Waals surface area contributed by atoms with Crippen molar-refractivity contribution in [2.45, 2.75) is 10.8 Å². The van der Waals surface area contributed by atoms with E-state index in [-0.39, 0.29) is 0 Å². The van der Waals surface area contributed by atoms with Crippen LogP contribution in [0.5, 0.6) is 11.5 Å². The molecule has 10 rings (SSSR count). The van der Waals surface area contributed by atoms with Gasteiger partial charge in [-0.3, -0.25) is 0 Å². The number of ether oxygens (including phenoxy) is 1. The Hall–Kier alpha value is -6.44. The largest absolute Gasteiger partial charge is 0.457 e. The van der Waals surface area contributed by atoms with Crippen LogP contribution < -0.4 is 4.74 Å². The maximum atomic E-state index is 6.94. The Morgan fingerprint density at radius 3 is 1.35 bits per heavy atom. The first-order valence-corrected chi connectivity index (χ1v) is 17.7. The van der Waals surface area contributed by atoms with Crippen LogP contribution in [0.15, 0.2) is 206 Å². The van der Waals surface area contributed by atoms with Crippen LogP contribution in [0.3, 0.4) is 0 Å². The van der Waals surface area contributed by atoms with E-state index in [1.165, 1.54) is 50.1 Å². The van der Waals surface area contributed by atoms with Gasteiger partial charge >= 0.3 is 0 Å². The zero-order valence-electron chi connectivity index (χ0n) is 28.0. The molecule has 0 aromatic heterocycles. The van der Waals surface area contributed by atoms with E-state index in [4.69, 9.17) is 4.74 Å². The highest BCUT2D eigenvalue weighted by atomic mass is 16.5. The van der Waals surface area contributed by atoms with E-state index in [0.29, 0.717) is 0 Å². The third-order valence-electron chi connectivity index (χ3n) is 11.1.